The third kappa shape index (κ3) is 7.30. The lowest BCUT2D eigenvalue weighted by Crippen LogP contribution is -2.61. The molecule has 3 aliphatic rings. The van der Waals surface area contributed by atoms with Crippen molar-refractivity contribution in [3.8, 4) is 35.4 Å². The number of terminal acetylenes is 1. The Hall–Kier alpha value is -4.93. The number of aromatic nitrogens is 3. The Morgan fingerprint density at radius 3 is 2.69 bits per heavy atom. The van der Waals surface area contributed by atoms with Crippen LogP contribution in [0.3, 0.4) is 0 Å². The van der Waals surface area contributed by atoms with Crippen LogP contribution >= 0.6 is 0 Å². The Morgan fingerprint density at radius 2 is 1.96 bits per heavy atom. The van der Waals surface area contributed by atoms with E-state index in [2.05, 4.69) is 53.5 Å². The summed E-state index contributed by atoms with van der Waals surface area (Å²) in [5.74, 6) is 0.714. The summed E-state index contributed by atoms with van der Waals surface area (Å²) in [5.41, 5.74) is -1.50. The van der Waals surface area contributed by atoms with Gasteiger partial charge in [-0.15, -0.1) is 6.42 Å². The summed E-state index contributed by atoms with van der Waals surface area (Å²) in [6.07, 6.45) is 11.5. The van der Waals surface area contributed by atoms with Gasteiger partial charge in [0.1, 0.15) is 41.4 Å². The molecule has 3 aliphatic heterocycles. The summed E-state index contributed by atoms with van der Waals surface area (Å²) in [6.45, 7) is 12.2. The highest BCUT2D eigenvalue weighted by molar-refractivity contribution is 6.03. The van der Waals surface area contributed by atoms with Crippen LogP contribution in [0.25, 0.3) is 32.9 Å². The van der Waals surface area contributed by atoms with Crippen LogP contribution in [0.5, 0.6) is 11.8 Å². The van der Waals surface area contributed by atoms with Crippen LogP contribution in [0.1, 0.15) is 64.9 Å². The molecule has 4 aromatic rings. The second-order valence-corrected chi connectivity index (χ2v) is 15.9. The van der Waals surface area contributed by atoms with E-state index in [4.69, 9.17) is 20.9 Å². The number of halogens is 3. The fraction of sp³-hybridized carbons (Fsp3) is 0.476. The SMILES string of the molecule is C#Cc1c(F)ccc2cc(O)cc(-c3ncc4c(N5CCCCC(NC(=O)C=C)C5)nc(OC[C@]5(C(C)(C)C)C[C@@H](F)CN5C5CCOCC5)nc4c3F)c12. The number of benzene rings is 2. The van der Waals surface area contributed by atoms with Crippen LogP contribution in [-0.2, 0) is 9.53 Å². The summed E-state index contributed by atoms with van der Waals surface area (Å²) in [7, 11) is 0. The van der Waals surface area contributed by atoms with E-state index in [0.717, 1.165) is 32.1 Å². The monoisotopic (exact) mass is 756 g/mol. The van der Waals surface area contributed by atoms with Gasteiger partial charge in [0.15, 0.2) is 5.82 Å². The topological polar surface area (TPSA) is 113 Å². The number of anilines is 1. The number of amides is 1. The quantitative estimate of drug-likeness (QED) is 0.147. The maximum atomic E-state index is 17.2. The van der Waals surface area contributed by atoms with E-state index in [9.17, 15) is 9.90 Å². The van der Waals surface area contributed by atoms with Crippen molar-refractivity contribution in [1.29, 1.82) is 0 Å². The summed E-state index contributed by atoms with van der Waals surface area (Å²) in [6, 6.07) is 5.13. The Morgan fingerprint density at radius 1 is 1.18 bits per heavy atom. The van der Waals surface area contributed by atoms with Crippen LogP contribution in [0.15, 0.2) is 43.1 Å². The number of fused-ring (bicyclic) bond motifs is 2. The highest BCUT2D eigenvalue weighted by atomic mass is 19.1. The molecule has 55 heavy (non-hydrogen) atoms. The maximum absolute atomic E-state index is 17.2. The number of hydrogen-bond acceptors (Lipinski definition) is 9. The second kappa shape index (κ2) is 15.3. The van der Waals surface area contributed by atoms with E-state index in [1.54, 1.807) is 0 Å². The van der Waals surface area contributed by atoms with E-state index in [-0.39, 0.29) is 82.4 Å². The molecule has 0 spiro atoms. The predicted molar refractivity (Wildman–Crippen MR) is 206 cm³/mol. The van der Waals surface area contributed by atoms with Gasteiger partial charge < -0.3 is 24.8 Å². The van der Waals surface area contributed by atoms with Gasteiger partial charge in [-0.2, -0.15) is 9.97 Å². The normalized spacial score (nSPS) is 22.7. The van der Waals surface area contributed by atoms with Gasteiger partial charge in [-0.05, 0) is 67.2 Å². The lowest BCUT2D eigenvalue weighted by molar-refractivity contribution is -0.117. The van der Waals surface area contributed by atoms with Crippen molar-refractivity contribution < 1.29 is 32.5 Å². The summed E-state index contributed by atoms with van der Waals surface area (Å²) >= 11 is 0. The molecule has 3 saturated heterocycles. The number of nitrogens with one attached hydrogen (secondary N) is 1. The maximum Gasteiger partial charge on any atom is 0.319 e. The number of rotatable bonds is 8. The Kier molecular flexibility index (Phi) is 10.7. The average Bonchev–Trinajstić information content (AvgIpc) is 3.35. The number of ether oxygens (including phenoxy) is 2. The largest absolute Gasteiger partial charge is 0.508 e. The van der Waals surface area contributed by atoms with Crippen molar-refractivity contribution in [1.82, 2.24) is 25.2 Å². The second-order valence-electron chi connectivity index (χ2n) is 15.9. The number of carbonyl (C=O) groups is 1. The number of hydrogen-bond donors (Lipinski definition) is 2. The van der Waals surface area contributed by atoms with Gasteiger partial charge in [-0.3, -0.25) is 14.7 Å². The molecular formula is C42H47F3N6O4. The molecule has 0 saturated carbocycles. The molecule has 0 bridgehead atoms. The van der Waals surface area contributed by atoms with Gasteiger partial charge in [0, 0.05) is 68.5 Å². The van der Waals surface area contributed by atoms with Crippen molar-refractivity contribution in [2.75, 3.05) is 44.4 Å². The van der Waals surface area contributed by atoms with Crippen molar-refractivity contribution in [3.05, 3.63) is 60.3 Å². The number of carbonyl (C=O) groups excluding carboxylic acids is 1. The Balaban J connectivity index is 1.37. The van der Waals surface area contributed by atoms with E-state index in [1.165, 1.54) is 36.5 Å². The molecule has 2 N–H and O–H groups in total. The van der Waals surface area contributed by atoms with Gasteiger partial charge in [-0.1, -0.05) is 39.3 Å². The molecule has 5 heterocycles. The first-order chi connectivity index (χ1) is 26.3. The fourth-order valence-corrected chi connectivity index (χ4v) is 8.69. The van der Waals surface area contributed by atoms with Crippen molar-refractivity contribution >= 4 is 33.4 Å². The molecule has 10 nitrogen and oxygen atoms in total. The molecule has 1 amide bonds. The highest BCUT2D eigenvalue weighted by Crippen LogP contribution is 2.47. The molecular weight excluding hydrogens is 709 g/mol. The highest BCUT2D eigenvalue weighted by Gasteiger charge is 2.56. The van der Waals surface area contributed by atoms with Gasteiger partial charge in [0.25, 0.3) is 0 Å². The average molecular weight is 757 g/mol. The van der Waals surface area contributed by atoms with Crippen LogP contribution in [0.2, 0.25) is 0 Å². The summed E-state index contributed by atoms with van der Waals surface area (Å²) in [4.78, 5) is 30.6. The predicted octanol–water partition coefficient (Wildman–Crippen LogP) is 6.86. The Bertz CT molecular complexity index is 2160. The third-order valence-electron chi connectivity index (χ3n) is 11.6. The van der Waals surface area contributed by atoms with E-state index in [0.29, 0.717) is 37.5 Å². The van der Waals surface area contributed by atoms with E-state index < -0.39 is 28.8 Å². The number of phenolic OH excluding ortho intramolecular Hbond substituents is 1. The van der Waals surface area contributed by atoms with E-state index >= 15 is 13.2 Å². The van der Waals surface area contributed by atoms with Gasteiger partial charge in [-0.25, -0.2) is 13.2 Å². The van der Waals surface area contributed by atoms with Gasteiger partial charge in [0.2, 0.25) is 5.91 Å². The van der Waals surface area contributed by atoms with Crippen LogP contribution in [0, 0.1) is 29.4 Å². The number of nitrogens with zero attached hydrogens (tertiary/aromatic N) is 5. The molecule has 7 rings (SSSR count). The Labute approximate surface area is 319 Å². The van der Waals surface area contributed by atoms with Gasteiger partial charge in [0.05, 0.1) is 16.5 Å². The molecule has 13 heteroatoms. The first-order valence-electron chi connectivity index (χ1n) is 18.9. The lowest BCUT2D eigenvalue weighted by atomic mass is 9.71. The van der Waals surface area contributed by atoms with Crippen LogP contribution < -0.4 is 15.0 Å². The zero-order chi connectivity index (χ0) is 39.1. The van der Waals surface area contributed by atoms with Crippen molar-refractivity contribution in [3.63, 3.8) is 0 Å². The number of alkyl halides is 1. The number of aromatic hydroxyl groups is 1. The standard InChI is InChI=1S/C42H47F3N6O4/c1-6-30-33(44)12-11-25-18-29(52)19-31(35(25)30)37-36(45)38-32(21-46-37)39(50-15-9-8-10-27(23-50)47-34(53)7-2)49-40(48-38)55-24-42(41(3,4)5)20-26(43)22-51(42)28-13-16-54-17-14-28/h1,7,11-12,18-19,21,26-28,52H,2,8-10,13-17,20,22-24H2,3-5H3,(H,47,53)/t26-,27?,42+/m1/s1. The lowest BCUT2D eigenvalue weighted by Gasteiger charge is -2.51. The fourth-order valence-electron chi connectivity index (χ4n) is 8.69. The minimum Gasteiger partial charge on any atom is -0.508 e. The number of pyridine rings is 1. The van der Waals surface area contributed by atoms with Crippen molar-refractivity contribution in [2.24, 2.45) is 5.41 Å². The first kappa shape index (κ1) is 38.3. The molecule has 0 aliphatic carbocycles. The summed E-state index contributed by atoms with van der Waals surface area (Å²) < 4.78 is 60.0. The van der Waals surface area contributed by atoms with Crippen LogP contribution in [-0.4, -0.2) is 94.1 Å². The first-order valence-corrected chi connectivity index (χ1v) is 18.9. The van der Waals surface area contributed by atoms with E-state index in [1.807, 2.05) is 4.90 Å². The summed E-state index contributed by atoms with van der Waals surface area (Å²) in [5, 5.41) is 14.6. The van der Waals surface area contributed by atoms with Gasteiger partial charge >= 0.3 is 6.01 Å². The third-order valence-corrected chi connectivity index (χ3v) is 11.6. The minimum atomic E-state index is -1.07. The zero-order valence-electron chi connectivity index (χ0n) is 31.5. The minimum absolute atomic E-state index is 0.0405. The molecule has 3 fully saturated rings. The molecule has 2 aromatic heterocycles. The van der Waals surface area contributed by atoms with Crippen molar-refractivity contribution in [2.45, 2.75) is 83.1 Å². The number of likely N-dealkylation sites (tertiary alicyclic amines) is 1. The molecule has 3 atom stereocenters. The molecule has 2 aromatic carbocycles. The molecule has 1 unspecified atom stereocenters. The smallest absolute Gasteiger partial charge is 0.319 e. The zero-order valence-corrected chi connectivity index (χ0v) is 31.5. The molecule has 0 radical (unpaired) electrons. The molecule has 290 valence electrons. The number of phenols is 1. The van der Waals surface area contributed by atoms with Crippen LogP contribution in [0.4, 0.5) is 19.0 Å².